The van der Waals surface area contributed by atoms with Crippen LogP contribution in [0.15, 0.2) is 42.5 Å². The number of thioether (sulfide) groups is 1. The van der Waals surface area contributed by atoms with Crippen LogP contribution in [-0.2, 0) is 11.2 Å². The molecule has 140 valence electrons. The fourth-order valence-electron chi connectivity index (χ4n) is 3.66. The number of hydrogen-bond donors (Lipinski definition) is 3. The van der Waals surface area contributed by atoms with Crippen LogP contribution in [0.4, 0.5) is 5.69 Å². The smallest absolute Gasteiger partial charge is 0.230 e. The lowest BCUT2D eigenvalue weighted by Gasteiger charge is -2.26. The zero-order valence-corrected chi connectivity index (χ0v) is 16.2. The van der Waals surface area contributed by atoms with Gasteiger partial charge >= 0.3 is 0 Å². The molecule has 1 amide bonds. The van der Waals surface area contributed by atoms with E-state index < -0.39 is 0 Å². The highest BCUT2D eigenvalue weighted by Gasteiger charge is 2.22. The number of aromatic amines is 1. The number of rotatable bonds is 5. The van der Waals surface area contributed by atoms with E-state index in [0.29, 0.717) is 5.75 Å². The van der Waals surface area contributed by atoms with Crippen LogP contribution in [0.3, 0.4) is 0 Å². The van der Waals surface area contributed by atoms with E-state index in [-0.39, 0.29) is 17.2 Å². The lowest BCUT2D eigenvalue weighted by molar-refractivity contribution is -0.119. The van der Waals surface area contributed by atoms with Crippen LogP contribution in [0.2, 0.25) is 0 Å². The molecule has 4 rings (SSSR count). The Labute approximate surface area is 163 Å². The molecular formula is C21H24N4OS. The molecule has 0 fully saturated rings. The number of nitrogens with one attached hydrogen (secondary N) is 2. The quantitative estimate of drug-likeness (QED) is 0.581. The number of para-hydroxylation sites is 2. The molecule has 1 aromatic heterocycles. The van der Waals surface area contributed by atoms with E-state index in [4.69, 9.17) is 5.73 Å². The predicted octanol–water partition coefficient (Wildman–Crippen LogP) is 4.13. The number of imidazole rings is 1. The third-order valence-electron chi connectivity index (χ3n) is 5.07. The fraction of sp³-hybridized carbons (Fsp3) is 0.333. The van der Waals surface area contributed by atoms with Gasteiger partial charge in [-0.15, -0.1) is 11.8 Å². The first-order valence-electron chi connectivity index (χ1n) is 9.34. The van der Waals surface area contributed by atoms with Gasteiger partial charge in [-0.3, -0.25) is 4.79 Å². The summed E-state index contributed by atoms with van der Waals surface area (Å²) in [5, 5.41) is 3.32. The number of amides is 1. The van der Waals surface area contributed by atoms with Gasteiger partial charge in [0, 0.05) is 5.69 Å². The summed E-state index contributed by atoms with van der Waals surface area (Å²) in [5.41, 5.74) is 11.1. The number of benzene rings is 2. The average Bonchev–Trinajstić information content (AvgIpc) is 3.10. The van der Waals surface area contributed by atoms with Crippen molar-refractivity contribution in [3.63, 3.8) is 0 Å². The maximum absolute atomic E-state index is 12.5. The summed E-state index contributed by atoms with van der Waals surface area (Å²) in [7, 11) is 0. The normalized spacial score (nSPS) is 17.4. The molecule has 1 aliphatic carbocycles. The van der Waals surface area contributed by atoms with Crippen LogP contribution in [0.5, 0.6) is 0 Å². The van der Waals surface area contributed by atoms with E-state index in [2.05, 4.69) is 28.3 Å². The highest BCUT2D eigenvalue weighted by atomic mass is 32.2. The molecule has 2 atom stereocenters. The van der Waals surface area contributed by atoms with Gasteiger partial charge in [-0.1, -0.05) is 18.2 Å². The Morgan fingerprint density at radius 3 is 3.07 bits per heavy atom. The van der Waals surface area contributed by atoms with Crippen molar-refractivity contribution in [1.29, 1.82) is 0 Å². The highest BCUT2D eigenvalue weighted by Crippen LogP contribution is 2.32. The Kier molecular flexibility index (Phi) is 5.07. The van der Waals surface area contributed by atoms with Crippen molar-refractivity contribution in [1.82, 2.24) is 15.3 Å². The average molecular weight is 381 g/mol. The second-order valence-electron chi connectivity index (χ2n) is 7.06. The van der Waals surface area contributed by atoms with E-state index in [0.717, 1.165) is 41.8 Å². The molecule has 0 bridgehead atoms. The first-order chi connectivity index (χ1) is 13.1. The molecular weight excluding hydrogens is 356 g/mol. The van der Waals surface area contributed by atoms with Gasteiger partial charge < -0.3 is 16.0 Å². The molecule has 0 spiro atoms. The van der Waals surface area contributed by atoms with Crippen molar-refractivity contribution >= 4 is 34.4 Å². The molecule has 5 nitrogen and oxygen atoms in total. The zero-order valence-electron chi connectivity index (χ0n) is 15.4. The standard InChI is InChI=1S/C21H24N4OS/c1-13(21-24-18-6-2-3-7-19(18)25-21)27-12-20(26)23-17-8-4-5-14-11-15(22)9-10-16(14)17/h2-3,6-7,9-11,13,17H,4-5,8,12,22H2,1H3,(H,23,26)(H,24,25). The van der Waals surface area contributed by atoms with Crippen molar-refractivity contribution in [2.75, 3.05) is 11.5 Å². The van der Waals surface area contributed by atoms with Crippen molar-refractivity contribution in [2.45, 2.75) is 37.5 Å². The number of aromatic nitrogens is 2. The fourth-order valence-corrected chi connectivity index (χ4v) is 4.42. The highest BCUT2D eigenvalue weighted by molar-refractivity contribution is 8.00. The Bertz CT molecular complexity index is 935. The number of anilines is 1. The Morgan fingerprint density at radius 1 is 1.37 bits per heavy atom. The lowest BCUT2D eigenvalue weighted by atomic mass is 9.87. The van der Waals surface area contributed by atoms with Gasteiger partial charge in [0.15, 0.2) is 0 Å². The number of carbonyl (C=O) groups excluding carboxylic acids is 1. The summed E-state index contributed by atoms with van der Waals surface area (Å²) in [6.07, 6.45) is 3.08. The van der Waals surface area contributed by atoms with E-state index in [1.54, 1.807) is 11.8 Å². The Balaban J connectivity index is 1.36. The second-order valence-corrected chi connectivity index (χ2v) is 8.39. The number of carbonyl (C=O) groups is 1. The summed E-state index contributed by atoms with van der Waals surface area (Å²) in [5.74, 6) is 1.39. The summed E-state index contributed by atoms with van der Waals surface area (Å²) in [4.78, 5) is 20.5. The van der Waals surface area contributed by atoms with Gasteiger partial charge in [-0.05, 0) is 61.6 Å². The molecule has 0 radical (unpaired) electrons. The minimum atomic E-state index is 0.0673. The minimum absolute atomic E-state index is 0.0673. The van der Waals surface area contributed by atoms with E-state index >= 15 is 0 Å². The molecule has 2 aromatic carbocycles. The molecule has 6 heteroatoms. The van der Waals surface area contributed by atoms with Gasteiger partial charge in [0.2, 0.25) is 5.91 Å². The maximum Gasteiger partial charge on any atom is 0.230 e. The summed E-state index contributed by atoms with van der Waals surface area (Å²) >= 11 is 1.60. The van der Waals surface area contributed by atoms with Crippen LogP contribution < -0.4 is 11.1 Å². The number of H-pyrrole nitrogens is 1. The Morgan fingerprint density at radius 2 is 2.22 bits per heavy atom. The largest absolute Gasteiger partial charge is 0.399 e. The first-order valence-corrected chi connectivity index (χ1v) is 10.4. The molecule has 0 aliphatic heterocycles. The molecule has 1 heterocycles. The molecule has 0 saturated heterocycles. The molecule has 2 unspecified atom stereocenters. The number of fused-ring (bicyclic) bond motifs is 2. The summed E-state index contributed by atoms with van der Waals surface area (Å²) < 4.78 is 0. The van der Waals surface area contributed by atoms with Crippen LogP contribution in [-0.4, -0.2) is 21.6 Å². The van der Waals surface area contributed by atoms with Gasteiger partial charge in [0.25, 0.3) is 0 Å². The van der Waals surface area contributed by atoms with Crippen molar-refractivity contribution in [3.8, 4) is 0 Å². The number of nitrogens with zero attached hydrogens (tertiary/aromatic N) is 1. The number of aryl methyl sites for hydroxylation is 1. The Hall–Kier alpha value is -2.47. The van der Waals surface area contributed by atoms with Gasteiger partial charge in [-0.2, -0.15) is 0 Å². The molecule has 4 N–H and O–H groups in total. The topological polar surface area (TPSA) is 83.8 Å². The molecule has 27 heavy (non-hydrogen) atoms. The minimum Gasteiger partial charge on any atom is -0.399 e. The summed E-state index contributed by atoms with van der Waals surface area (Å²) in [6, 6.07) is 14.1. The third-order valence-corrected chi connectivity index (χ3v) is 6.23. The number of hydrogen-bond acceptors (Lipinski definition) is 4. The SMILES string of the molecule is CC(SCC(=O)NC1CCCc2cc(N)ccc21)c1nc2ccccc2[nH]1. The number of nitrogens with two attached hydrogens (primary N) is 1. The summed E-state index contributed by atoms with van der Waals surface area (Å²) in [6.45, 7) is 2.08. The zero-order chi connectivity index (χ0) is 18.8. The molecule has 1 aliphatic rings. The third kappa shape index (κ3) is 3.95. The van der Waals surface area contributed by atoms with Gasteiger partial charge in [-0.25, -0.2) is 4.98 Å². The number of nitrogen functional groups attached to an aromatic ring is 1. The second kappa shape index (κ2) is 7.64. The van der Waals surface area contributed by atoms with Crippen LogP contribution in [0.25, 0.3) is 11.0 Å². The first kappa shape index (κ1) is 17.9. The maximum atomic E-state index is 12.5. The lowest BCUT2D eigenvalue weighted by Crippen LogP contribution is -2.32. The van der Waals surface area contributed by atoms with Gasteiger partial charge in [0.1, 0.15) is 5.82 Å². The molecule has 0 saturated carbocycles. The van der Waals surface area contributed by atoms with Crippen molar-refractivity contribution < 1.29 is 4.79 Å². The van der Waals surface area contributed by atoms with E-state index in [1.807, 2.05) is 36.4 Å². The van der Waals surface area contributed by atoms with Crippen molar-refractivity contribution in [3.05, 3.63) is 59.4 Å². The van der Waals surface area contributed by atoms with Crippen molar-refractivity contribution in [2.24, 2.45) is 0 Å². The van der Waals surface area contributed by atoms with Gasteiger partial charge in [0.05, 0.1) is 28.1 Å². The van der Waals surface area contributed by atoms with Crippen LogP contribution in [0, 0.1) is 0 Å². The van der Waals surface area contributed by atoms with E-state index in [1.165, 1.54) is 11.1 Å². The van der Waals surface area contributed by atoms with Crippen LogP contribution in [0.1, 0.15) is 48.0 Å². The predicted molar refractivity (Wildman–Crippen MR) is 112 cm³/mol. The van der Waals surface area contributed by atoms with Crippen LogP contribution >= 0.6 is 11.8 Å². The monoisotopic (exact) mass is 380 g/mol. The van der Waals surface area contributed by atoms with E-state index in [9.17, 15) is 4.79 Å². The molecule has 3 aromatic rings.